The second kappa shape index (κ2) is 3.10. The Morgan fingerprint density at radius 1 is 1.43 bits per heavy atom. The van der Waals surface area contributed by atoms with E-state index in [2.05, 4.69) is 0 Å². The number of fused-ring (bicyclic) bond motifs is 1. The zero-order valence-corrected chi connectivity index (χ0v) is 8.81. The van der Waals surface area contributed by atoms with Crippen molar-refractivity contribution in [3.8, 4) is 5.75 Å². The number of thiophene rings is 1. The first-order chi connectivity index (χ1) is 6.59. The third kappa shape index (κ3) is 1.30. The van der Waals surface area contributed by atoms with Gasteiger partial charge in [0.1, 0.15) is 10.6 Å². The molecule has 1 heterocycles. The molecule has 0 aliphatic carbocycles. The lowest BCUT2D eigenvalue weighted by molar-refractivity contribution is 0.101. The summed E-state index contributed by atoms with van der Waals surface area (Å²) in [6.07, 6.45) is 0. The van der Waals surface area contributed by atoms with E-state index in [0.717, 1.165) is 15.6 Å². The van der Waals surface area contributed by atoms with Crippen molar-refractivity contribution in [1.29, 1.82) is 0 Å². The summed E-state index contributed by atoms with van der Waals surface area (Å²) in [6.45, 7) is 3.43. The molecule has 0 saturated carbocycles. The standard InChI is InChI=1S/C11H10O2S/c1-6-3-4-9-8(5-6)10(13)11(14-9)7(2)12/h3-5,13H,1-2H3. The van der Waals surface area contributed by atoms with Gasteiger partial charge in [0.2, 0.25) is 0 Å². The number of carbonyl (C=O) groups excluding carboxylic acids is 1. The van der Waals surface area contributed by atoms with Gasteiger partial charge in [0.25, 0.3) is 0 Å². The Balaban J connectivity index is 2.80. The molecule has 2 nitrogen and oxygen atoms in total. The Morgan fingerprint density at radius 2 is 2.14 bits per heavy atom. The van der Waals surface area contributed by atoms with Crippen molar-refractivity contribution in [3.63, 3.8) is 0 Å². The third-order valence-corrected chi connectivity index (χ3v) is 3.40. The number of benzene rings is 1. The highest BCUT2D eigenvalue weighted by molar-refractivity contribution is 7.21. The van der Waals surface area contributed by atoms with Crippen LogP contribution >= 0.6 is 11.3 Å². The Morgan fingerprint density at radius 3 is 2.79 bits per heavy atom. The molecular weight excluding hydrogens is 196 g/mol. The number of aryl methyl sites for hydroxylation is 1. The topological polar surface area (TPSA) is 37.3 Å². The van der Waals surface area contributed by atoms with Crippen LogP contribution < -0.4 is 0 Å². The van der Waals surface area contributed by atoms with Crippen LogP contribution in [0.1, 0.15) is 22.2 Å². The molecule has 1 aromatic heterocycles. The molecule has 0 saturated heterocycles. The molecule has 0 aliphatic rings. The zero-order valence-electron chi connectivity index (χ0n) is 8.00. The number of hydrogen-bond acceptors (Lipinski definition) is 3. The second-order valence-corrected chi connectivity index (χ2v) is 4.39. The number of hydrogen-bond donors (Lipinski definition) is 1. The summed E-state index contributed by atoms with van der Waals surface area (Å²) >= 11 is 1.34. The molecule has 2 aromatic rings. The minimum atomic E-state index is -0.0821. The average molecular weight is 206 g/mol. The van der Waals surface area contributed by atoms with E-state index in [0.29, 0.717) is 4.88 Å². The first-order valence-corrected chi connectivity index (χ1v) is 5.14. The SMILES string of the molecule is CC(=O)c1sc2ccc(C)cc2c1O. The fourth-order valence-corrected chi connectivity index (χ4v) is 2.41. The van der Waals surface area contributed by atoms with Crippen LogP contribution in [-0.2, 0) is 0 Å². The van der Waals surface area contributed by atoms with Gasteiger partial charge in [0.05, 0.1) is 0 Å². The minimum absolute atomic E-state index is 0.0821. The molecule has 0 unspecified atom stereocenters. The van der Waals surface area contributed by atoms with Gasteiger partial charge < -0.3 is 5.11 Å². The fourth-order valence-electron chi connectivity index (χ4n) is 1.44. The van der Waals surface area contributed by atoms with Crippen LogP contribution in [0.4, 0.5) is 0 Å². The van der Waals surface area contributed by atoms with Crippen LogP contribution in [0.3, 0.4) is 0 Å². The molecule has 72 valence electrons. The van der Waals surface area contributed by atoms with Gasteiger partial charge in [0.15, 0.2) is 5.78 Å². The average Bonchev–Trinajstić information content (AvgIpc) is 2.44. The van der Waals surface area contributed by atoms with Crippen molar-refractivity contribution in [2.75, 3.05) is 0 Å². The molecule has 1 N–H and O–H groups in total. The van der Waals surface area contributed by atoms with E-state index in [4.69, 9.17) is 0 Å². The Hall–Kier alpha value is -1.35. The molecule has 0 atom stereocenters. The molecule has 0 spiro atoms. The molecule has 2 rings (SSSR count). The fraction of sp³-hybridized carbons (Fsp3) is 0.182. The highest BCUT2D eigenvalue weighted by Crippen LogP contribution is 2.37. The summed E-state index contributed by atoms with van der Waals surface area (Å²) in [6, 6.07) is 5.80. The smallest absolute Gasteiger partial charge is 0.173 e. The predicted octanol–water partition coefficient (Wildman–Crippen LogP) is 3.12. The van der Waals surface area contributed by atoms with Crippen molar-refractivity contribution in [1.82, 2.24) is 0 Å². The molecule has 0 aliphatic heterocycles. The Bertz CT molecular complexity index is 511. The van der Waals surface area contributed by atoms with Crippen molar-refractivity contribution in [2.45, 2.75) is 13.8 Å². The van der Waals surface area contributed by atoms with E-state index >= 15 is 0 Å². The lowest BCUT2D eigenvalue weighted by atomic mass is 10.1. The highest BCUT2D eigenvalue weighted by atomic mass is 32.1. The van der Waals surface area contributed by atoms with E-state index < -0.39 is 0 Å². The van der Waals surface area contributed by atoms with Gasteiger partial charge >= 0.3 is 0 Å². The van der Waals surface area contributed by atoms with Crippen molar-refractivity contribution in [2.24, 2.45) is 0 Å². The van der Waals surface area contributed by atoms with Crippen molar-refractivity contribution < 1.29 is 9.90 Å². The first kappa shape index (κ1) is 9.21. The highest BCUT2D eigenvalue weighted by Gasteiger charge is 2.14. The molecule has 1 aromatic carbocycles. The molecular formula is C11H10O2S. The van der Waals surface area contributed by atoms with Crippen LogP contribution in [0, 0.1) is 6.92 Å². The summed E-state index contributed by atoms with van der Waals surface area (Å²) in [5.41, 5.74) is 1.08. The number of Topliss-reactive ketones (excluding diaryl/α,β-unsaturated/α-hetero) is 1. The molecule has 14 heavy (non-hydrogen) atoms. The number of ketones is 1. The maximum Gasteiger partial charge on any atom is 0.173 e. The van der Waals surface area contributed by atoms with E-state index in [9.17, 15) is 9.90 Å². The second-order valence-electron chi connectivity index (χ2n) is 3.34. The first-order valence-electron chi connectivity index (χ1n) is 4.32. The summed E-state index contributed by atoms with van der Waals surface area (Å²) in [5.74, 6) is 0.0440. The van der Waals surface area contributed by atoms with E-state index in [1.807, 2.05) is 25.1 Å². The van der Waals surface area contributed by atoms with E-state index in [1.54, 1.807) is 0 Å². The van der Waals surface area contributed by atoms with Crippen molar-refractivity contribution >= 4 is 27.2 Å². The Kier molecular flexibility index (Phi) is 2.04. The van der Waals surface area contributed by atoms with E-state index in [-0.39, 0.29) is 11.5 Å². The lowest BCUT2D eigenvalue weighted by Gasteiger charge is -1.93. The number of aromatic hydroxyl groups is 1. The minimum Gasteiger partial charge on any atom is -0.506 e. The summed E-state index contributed by atoms with van der Waals surface area (Å²) in [4.78, 5) is 11.6. The summed E-state index contributed by atoms with van der Waals surface area (Å²) < 4.78 is 0.957. The third-order valence-electron chi connectivity index (χ3n) is 2.14. The van der Waals surface area contributed by atoms with Crippen LogP contribution in [0.5, 0.6) is 5.75 Å². The largest absolute Gasteiger partial charge is 0.506 e. The maximum atomic E-state index is 11.2. The monoisotopic (exact) mass is 206 g/mol. The Labute approximate surface area is 85.8 Å². The predicted molar refractivity (Wildman–Crippen MR) is 58.2 cm³/mol. The maximum absolute atomic E-state index is 11.2. The van der Waals surface area contributed by atoms with Gasteiger partial charge in [-0.25, -0.2) is 0 Å². The van der Waals surface area contributed by atoms with Gasteiger partial charge in [-0.3, -0.25) is 4.79 Å². The van der Waals surface area contributed by atoms with Crippen LogP contribution in [0.25, 0.3) is 10.1 Å². The quantitative estimate of drug-likeness (QED) is 0.728. The summed E-state index contributed by atoms with van der Waals surface area (Å²) in [5, 5.41) is 10.6. The van der Waals surface area contributed by atoms with Gasteiger partial charge in [-0.1, -0.05) is 11.6 Å². The van der Waals surface area contributed by atoms with Gasteiger partial charge in [0, 0.05) is 17.0 Å². The summed E-state index contributed by atoms with van der Waals surface area (Å²) in [7, 11) is 0. The van der Waals surface area contributed by atoms with Gasteiger partial charge in [-0.2, -0.15) is 0 Å². The normalized spacial score (nSPS) is 10.7. The molecule has 0 bridgehead atoms. The van der Waals surface area contributed by atoms with Crippen LogP contribution in [0.2, 0.25) is 0 Å². The van der Waals surface area contributed by atoms with E-state index in [1.165, 1.54) is 18.3 Å². The van der Waals surface area contributed by atoms with Crippen molar-refractivity contribution in [3.05, 3.63) is 28.6 Å². The molecule has 3 heteroatoms. The number of carbonyl (C=O) groups is 1. The molecule has 0 amide bonds. The van der Waals surface area contributed by atoms with Crippen LogP contribution in [0.15, 0.2) is 18.2 Å². The lowest BCUT2D eigenvalue weighted by Crippen LogP contribution is -1.85. The molecule has 0 radical (unpaired) electrons. The molecule has 0 fully saturated rings. The van der Waals surface area contributed by atoms with Crippen LogP contribution in [-0.4, -0.2) is 10.9 Å². The van der Waals surface area contributed by atoms with Gasteiger partial charge in [-0.15, -0.1) is 11.3 Å². The zero-order chi connectivity index (χ0) is 10.3. The van der Waals surface area contributed by atoms with Gasteiger partial charge in [-0.05, 0) is 19.1 Å². The number of rotatable bonds is 1.